The molecule has 0 saturated carbocycles. The molecule has 6 heteroatoms. The van der Waals surface area contributed by atoms with E-state index in [2.05, 4.69) is 0 Å². The molecule has 13 heavy (non-hydrogen) atoms. The Bertz CT molecular complexity index is 318. The molecule has 0 atom stereocenters. The average Bonchev–Trinajstić information content (AvgIpc) is 1.92. The highest BCUT2D eigenvalue weighted by Crippen LogP contribution is 2.09. The molecule has 0 saturated heterocycles. The zero-order valence-electron chi connectivity index (χ0n) is 6.94. The van der Waals surface area contributed by atoms with Crippen LogP contribution in [0.2, 0.25) is 5.02 Å². The van der Waals surface area contributed by atoms with Crippen molar-refractivity contribution in [2.45, 2.75) is 0 Å². The van der Waals surface area contributed by atoms with E-state index in [0.29, 0.717) is 6.26 Å². The van der Waals surface area contributed by atoms with Crippen LogP contribution < -0.4 is 5.73 Å². The largest absolute Gasteiger partial charge is 0.399 e. The maximum Gasteiger partial charge on any atom is 0.261 e. The van der Waals surface area contributed by atoms with Gasteiger partial charge in [0.05, 0.1) is 6.26 Å². The summed E-state index contributed by atoms with van der Waals surface area (Å²) >= 11 is 5.56. The number of nitrogens with two attached hydrogens (primary N) is 1. The van der Waals surface area contributed by atoms with Crippen LogP contribution in [0.5, 0.6) is 0 Å². The van der Waals surface area contributed by atoms with Crippen molar-refractivity contribution in [1.82, 2.24) is 0 Å². The van der Waals surface area contributed by atoms with Gasteiger partial charge in [0.2, 0.25) is 0 Å². The highest BCUT2D eigenvalue weighted by molar-refractivity contribution is 7.85. The highest BCUT2D eigenvalue weighted by Gasteiger charge is 1.82. The summed E-state index contributed by atoms with van der Waals surface area (Å²) in [7, 11) is -3.67. The lowest BCUT2D eigenvalue weighted by Gasteiger charge is -1.88. The van der Waals surface area contributed by atoms with Crippen molar-refractivity contribution in [3.63, 3.8) is 0 Å². The number of anilines is 1. The van der Waals surface area contributed by atoms with Gasteiger partial charge in [-0.15, -0.1) is 0 Å². The van der Waals surface area contributed by atoms with Crippen molar-refractivity contribution in [2.24, 2.45) is 0 Å². The number of rotatable bonds is 0. The van der Waals surface area contributed by atoms with E-state index in [1.54, 1.807) is 24.3 Å². The molecule has 0 aromatic heterocycles. The molecule has 0 spiro atoms. The third kappa shape index (κ3) is 11.2. The lowest BCUT2D eigenvalue weighted by atomic mass is 10.3. The SMILES string of the molecule is CS(=O)(=O)O.Nc1ccc(Cl)cc1. The molecule has 1 rings (SSSR count). The first-order valence-corrected chi connectivity index (χ1v) is 5.45. The Kier molecular flexibility index (Phi) is 4.76. The first kappa shape index (κ1) is 12.2. The second kappa shape index (κ2) is 5.06. The predicted octanol–water partition coefficient (Wildman–Crippen LogP) is 1.43. The second-order valence-electron chi connectivity index (χ2n) is 2.28. The Labute approximate surface area is 82.1 Å². The fraction of sp³-hybridized carbons (Fsp3) is 0.143. The Morgan fingerprint density at radius 1 is 1.31 bits per heavy atom. The zero-order chi connectivity index (χ0) is 10.5. The molecular formula is C7H10ClNO3S. The van der Waals surface area contributed by atoms with Crippen LogP contribution in [-0.4, -0.2) is 19.2 Å². The van der Waals surface area contributed by atoms with E-state index in [1.165, 1.54) is 0 Å². The minimum Gasteiger partial charge on any atom is -0.399 e. The molecule has 1 aromatic rings. The molecule has 0 heterocycles. The summed E-state index contributed by atoms with van der Waals surface area (Å²) in [5.41, 5.74) is 6.11. The normalized spacial score (nSPS) is 10.1. The standard InChI is InChI=1S/C6H6ClN.CH4O3S/c7-5-1-3-6(8)4-2-5;1-5(2,3)4/h1-4H,8H2;1H3,(H,2,3,4). The van der Waals surface area contributed by atoms with Gasteiger partial charge >= 0.3 is 0 Å². The molecule has 74 valence electrons. The van der Waals surface area contributed by atoms with E-state index < -0.39 is 10.1 Å². The van der Waals surface area contributed by atoms with Crippen LogP contribution >= 0.6 is 11.6 Å². The molecule has 0 amide bonds. The monoisotopic (exact) mass is 223 g/mol. The summed E-state index contributed by atoms with van der Waals surface area (Å²) in [6, 6.07) is 7.05. The number of halogens is 1. The maximum atomic E-state index is 9.19. The van der Waals surface area contributed by atoms with Crippen LogP contribution in [0.15, 0.2) is 24.3 Å². The molecule has 0 aliphatic rings. The number of hydrogen-bond acceptors (Lipinski definition) is 3. The number of hydrogen-bond donors (Lipinski definition) is 2. The topological polar surface area (TPSA) is 80.4 Å². The summed E-state index contributed by atoms with van der Waals surface area (Å²) < 4.78 is 25.9. The lowest BCUT2D eigenvalue weighted by molar-refractivity contribution is 0.490. The van der Waals surface area contributed by atoms with Crippen molar-refractivity contribution in [3.05, 3.63) is 29.3 Å². The van der Waals surface area contributed by atoms with Crippen LogP contribution in [0.25, 0.3) is 0 Å². The first-order valence-electron chi connectivity index (χ1n) is 3.22. The number of benzene rings is 1. The van der Waals surface area contributed by atoms with Crippen molar-refractivity contribution in [3.8, 4) is 0 Å². The molecule has 0 radical (unpaired) electrons. The molecule has 4 nitrogen and oxygen atoms in total. The van der Waals surface area contributed by atoms with Crippen LogP contribution in [-0.2, 0) is 10.1 Å². The summed E-state index contributed by atoms with van der Waals surface area (Å²) in [4.78, 5) is 0. The van der Waals surface area contributed by atoms with E-state index in [1.807, 2.05) is 0 Å². The molecular weight excluding hydrogens is 214 g/mol. The van der Waals surface area contributed by atoms with Gasteiger partial charge in [0.15, 0.2) is 0 Å². The summed E-state index contributed by atoms with van der Waals surface area (Å²) in [5.74, 6) is 0. The Morgan fingerprint density at radius 3 is 1.85 bits per heavy atom. The van der Waals surface area contributed by atoms with Crippen molar-refractivity contribution < 1.29 is 13.0 Å². The Morgan fingerprint density at radius 2 is 1.62 bits per heavy atom. The van der Waals surface area contributed by atoms with E-state index >= 15 is 0 Å². The Hall–Kier alpha value is -0.780. The van der Waals surface area contributed by atoms with Gasteiger partial charge < -0.3 is 5.73 Å². The predicted molar refractivity (Wildman–Crippen MR) is 53.3 cm³/mol. The first-order chi connectivity index (χ1) is 5.79. The smallest absolute Gasteiger partial charge is 0.261 e. The van der Waals surface area contributed by atoms with E-state index in [9.17, 15) is 8.42 Å². The van der Waals surface area contributed by atoms with Crippen molar-refractivity contribution in [2.75, 3.05) is 12.0 Å². The summed E-state index contributed by atoms with van der Waals surface area (Å²) in [6.07, 6.45) is 0.715. The quantitative estimate of drug-likeness (QED) is 0.515. The van der Waals surface area contributed by atoms with Gasteiger partial charge in [-0.1, -0.05) is 11.6 Å². The average molecular weight is 224 g/mol. The molecule has 0 fully saturated rings. The minimum absolute atomic E-state index is 0.715. The summed E-state index contributed by atoms with van der Waals surface area (Å²) in [6.45, 7) is 0. The van der Waals surface area contributed by atoms with Crippen molar-refractivity contribution >= 4 is 27.4 Å². The fourth-order valence-corrected chi connectivity index (χ4v) is 0.589. The highest BCUT2D eigenvalue weighted by atomic mass is 35.5. The Balaban J connectivity index is 0.000000252. The molecule has 0 aliphatic carbocycles. The molecule has 3 N–H and O–H groups in total. The van der Waals surface area contributed by atoms with Gasteiger partial charge in [0, 0.05) is 10.7 Å². The van der Waals surface area contributed by atoms with Crippen LogP contribution in [0.3, 0.4) is 0 Å². The summed E-state index contributed by atoms with van der Waals surface area (Å²) in [5, 5.41) is 0.721. The van der Waals surface area contributed by atoms with E-state index in [4.69, 9.17) is 21.9 Å². The fourth-order valence-electron chi connectivity index (χ4n) is 0.463. The van der Waals surface area contributed by atoms with Crippen molar-refractivity contribution in [1.29, 1.82) is 0 Å². The van der Waals surface area contributed by atoms with Gasteiger partial charge in [-0.3, -0.25) is 4.55 Å². The molecule has 0 aliphatic heterocycles. The van der Waals surface area contributed by atoms with Gasteiger partial charge in [-0.25, -0.2) is 0 Å². The molecule has 1 aromatic carbocycles. The molecule has 0 unspecified atom stereocenters. The third-order valence-electron chi connectivity index (χ3n) is 0.870. The van der Waals surface area contributed by atoms with Crippen LogP contribution in [0, 0.1) is 0 Å². The third-order valence-corrected chi connectivity index (χ3v) is 1.12. The van der Waals surface area contributed by atoms with Crippen LogP contribution in [0.4, 0.5) is 5.69 Å². The zero-order valence-corrected chi connectivity index (χ0v) is 8.51. The van der Waals surface area contributed by atoms with Gasteiger partial charge in [0.1, 0.15) is 0 Å². The van der Waals surface area contributed by atoms with Gasteiger partial charge in [0.25, 0.3) is 10.1 Å². The van der Waals surface area contributed by atoms with E-state index in [-0.39, 0.29) is 0 Å². The number of nitrogen functional groups attached to an aromatic ring is 1. The molecule has 0 bridgehead atoms. The van der Waals surface area contributed by atoms with E-state index in [0.717, 1.165) is 10.7 Å². The van der Waals surface area contributed by atoms with Gasteiger partial charge in [-0.05, 0) is 24.3 Å². The maximum absolute atomic E-state index is 9.19. The van der Waals surface area contributed by atoms with Gasteiger partial charge in [-0.2, -0.15) is 8.42 Å². The minimum atomic E-state index is -3.67. The second-order valence-corrected chi connectivity index (χ2v) is 4.19. The lowest BCUT2D eigenvalue weighted by Crippen LogP contribution is -1.88. The van der Waals surface area contributed by atoms with Crippen LogP contribution in [0.1, 0.15) is 0 Å².